The van der Waals surface area contributed by atoms with E-state index in [1.54, 1.807) is 20.3 Å². The van der Waals surface area contributed by atoms with Gasteiger partial charge in [0.1, 0.15) is 22.8 Å². The second-order valence-electron chi connectivity index (χ2n) is 7.34. The summed E-state index contributed by atoms with van der Waals surface area (Å²) in [6, 6.07) is 13.7. The van der Waals surface area contributed by atoms with E-state index in [1.807, 2.05) is 42.5 Å². The molecule has 0 bridgehead atoms. The molecule has 0 radical (unpaired) electrons. The second-order valence-corrected chi connectivity index (χ2v) is 7.34. The maximum absolute atomic E-state index is 12.3. The molecule has 1 N–H and O–H groups in total. The van der Waals surface area contributed by atoms with Gasteiger partial charge in [-0.25, -0.2) is 0 Å². The molecule has 1 aromatic heterocycles. The Labute approximate surface area is 170 Å². The van der Waals surface area contributed by atoms with E-state index in [1.165, 1.54) is 0 Å². The van der Waals surface area contributed by atoms with Gasteiger partial charge in [0.15, 0.2) is 0 Å². The van der Waals surface area contributed by atoms with Gasteiger partial charge in [-0.3, -0.25) is 4.79 Å². The van der Waals surface area contributed by atoms with Crippen molar-refractivity contribution in [3.05, 3.63) is 60.7 Å². The van der Waals surface area contributed by atoms with E-state index in [4.69, 9.17) is 13.9 Å². The third kappa shape index (κ3) is 3.86. The fourth-order valence-corrected chi connectivity index (χ4v) is 3.82. The SMILES string of the molecule is C=CCNC(=O)C1CC1Cc1c(-c2cccc(OC)c2)oc2ccc(OC)cc12. The number of hydrogen-bond acceptors (Lipinski definition) is 4. The van der Waals surface area contributed by atoms with Crippen LogP contribution >= 0.6 is 0 Å². The average molecular weight is 391 g/mol. The number of carbonyl (C=O) groups is 1. The van der Waals surface area contributed by atoms with Crippen LogP contribution in [0.5, 0.6) is 11.5 Å². The summed E-state index contributed by atoms with van der Waals surface area (Å²) in [4.78, 5) is 12.3. The van der Waals surface area contributed by atoms with Crippen LogP contribution in [0.2, 0.25) is 0 Å². The Bertz CT molecular complexity index is 1050. The number of ether oxygens (including phenoxy) is 2. The number of methoxy groups -OCH3 is 2. The van der Waals surface area contributed by atoms with Crippen molar-refractivity contribution in [1.82, 2.24) is 5.32 Å². The highest BCUT2D eigenvalue weighted by Crippen LogP contribution is 2.45. The van der Waals surface area contributed by atoms with Gasteiger partial charge in [-0.2, -0.15) is 0 Å². The Morgan fingerprint density at radius 1 is 1.21 bits per heavy atom. The Hall–Kier alpha value is -3.21. The lowest BCUT2D eigenvalue weighted by molar-refractivity contribution is -0.122. The van der Waals surface area contributed by atoms with Crippen LogP contribution in [0.4, 0.5) is 0 Å². The molecule has 5 heteroatoms. The number of amides is 1. The lowest BCUT2D eigenvalue weighted by Crippen LogP contribution is -2.25. The van der Waals surface area contributed by atoms with E-state index in [-0.39, 0.29) is 11.8 Å². The molecule has 1 saturated carbocycles. The lowest BCUT2D eigenvalue weighted by atomic mass is 9.99. The van der Waals surface area contributed by atoms with Gasteiger partial charge in [-0.15, -0.1) is 6.58 Å². The summed E-state index contributed by atoms with van der Waals surface area (Å²) < 4.78 is 17.1. The van der Waals surface area contributed by atoms with Crippen molar-refractivity contribution in [2.75, 3.05) is 20.8 Å². The van der Waals surface area contributed by atoms with Gasteiger partial charge in [0.2, 0.25) is 5.91 Å². The van der Waals surface area contributed by atoms with Crippen LogP contribution in [-0.4, -0.2) is 26.7 Å². The van der Waals surface area contributed by atoms with E-state index in [2.05, 4.69) is 11.9 Å². The Balaban J connectivity index is 1.70. The molecular weight excluding hydrogens is 366 g/mol. The lowest BCUT2D eigenvalue weighted by Gasteiger charge is -2.06. The Kier molecular flexibility index (Phi) is 5.30. The molecule has 0 spiro atoms. The number of nitrogens with one attached hydrogen (secondary N) is 1. The zero-order chi connectivity index (χ0) is 20.4. The van der Waals surface area contributed by atoms with E-state index in [0.717, 1.165) is 52.2 Å². The van der Waals surface area contributed by atoms with E-state index >= 15 is 0 Å². The summed E-state index contributed by atoms with van der Waals surface area (Å²) in [5, 5.41) is 3.93. The van der Waals surface area contributed by atoms with Crippen molar-refractivity contribution < 1.29 is 18.7 Å². The van der Waals surface area contributed by atoms with Crippen molar-refractivity contribution in [1.29, 1.82) is 0 Å². The quantitative estimate of drug-likeness (QED) is 0.570. The summed E-state index contributed by atoms with van der Waals surface area (Å²) in [6.45, 7) is 4.16. The van der Waals surface area contributed by atoms with Crippen LogP contribution < -0.4 is 14.8 Å². The van der Waals surface area contributed by atoms with Crippen LogP contribution in [0.3, 0.4) is 0 Å². The third-order valence-electron chi connectivity index (χ3n) is 5.48. The van der Waals surface area contributed by atoms with Gasteiger partial charge in [0, 0.05) is 29.0 Å². The van der Waals surface area contributed by atoms with Crippen molar-refractivity contribution in [2.24, 2.45) is 11.8 Å². The predicted octanol–water partition coefficient (Wildman–Crippen LogP) is 4.60. The molecule has 1 amide bonds. The molecule has 1 heterocycles. The topological polar surface area (TPSA) is 60.7 Å². The summed E-state index contributed by atoms with van der Waals surface area (Å²) >= 11 is 0. The Morgan fingerprint density at radius 3 is 2.76 bits per heavy atom. The first-order chi connectivity index (χ1) is 14.1. The number of benzene rings is 2. The van der Waals surface area contributed by atoms with Crippen LogP contribution in [0.1, 0.15) is 12.0 Å². The van der Waals surface area contributed by atoms with Crippen molar-refractivity contribution in [3.8, 4) is 22.8 Å². The number of furan rings is 1. The molecule has 4 rings (SSSR count). The molecule has 1 aliphatic rings. The van der Waals surface area contributed by atoms with E-state index < -0.39 is 0 Å². The molecule has 5 nitrogen and oxygen atoms in total. The normalized spacial score (nSPS) is 17.7. The first-order valence-electron chi connectivity index (χ1n) is 9.77. The highest BCUT2D eigenvalue weighted by Gasteiger charge is 2.43. The molecule has 0 aliphatic heterocycles. The van der Waals surface area contributed by atoms with Crippen molar-refractivity contribution in [3.63, 3.8) is 0 Å². The van der Waals surface area contributed by atoms with Gasteiger partial charge >= 0.3 is 0 Å². The number of fused-ring (bicyclic) bond motifs is 1. The second kappa shape index (κ2) is 8.03. The van der Waals surface area contributed by atoms with E-state index in [9.17, 15) is 4.79 Å². The van der Waals surface area contributed by atoms with Gasteiger partial charge in [-0.1, -0.05) is 18.2 Å². The minimum Gasteiger partial charge on any atom is -0.497 e. The monoisotopic (exact) mass is 391 g/mol. The number of hydrogen-bond donors (Lipinski definition) is 1. The van der Waals surface area contributed by atoms with Gasteiger partial charge < -0.3 is 19.2 Å². The number of rotatable bonds is 8. The molecule has 2 atom stereocenters. The van der Waals surface area contributed by atoms with Crippen molar-refractivity contribution in [2.45, 2.75) is 12.8 Å². The molecule has 2 aromatic carbocycles. The molecule has 2 unspecified atom stereocenters. The van der Waals surface area contributed by atoms with Crippen LogP contribution in [0.15, 0.2) is 59.5 Å². The molecule has 0 saturated heterocycles. The van der Waals surface area contributed by atoms with Crippen LogP contribution in [0.25, 0.3) is 22.3 Å². The van der Waals surface area contributed by atoms with Crippen LogP contribution in [-0.2, 0) is 11.2 Å². The zero-order valence-corrected chi connectivity index (χ0v) is 16.7. The summed E-state index contributed by atoms with van der Waals surface area (Å²) in [6.07, 6.45) is 3.36. The highest BCUT2D eigenvalue weighted by atomic mass is 16.5. The van der Waals surface area contributed by atoms with Gasteiger partial charge in [-0.05, 0) is 49.1 Å². The zero-order valence-electron chi connectivity index (χ0n) is 16.7. The summed E-state index contributed by atoms with van der Waals surface area (Å²) in [5.41, 5.74) is 2.88. The van der Waals surface area contributed by atoms with Crippen LogP contribution in [0, 0.1) is 11.8 Å². The maximum atomic E-state index is 12.3. The Morgan fingerprint density at radius 2 is 2.00 bits per heavy atom. The fraction of sp³-hybridized carbons (Fsp3) is 0.292. The standard InChI is InChI=1S/C24H25NO4/c1-4-10-25-24(26)19-12-16(19)13-21-20-14-18(28-3)8-9-22(20)29-23(21)15-6-5-7-17(11-15)27-2/h4-9,11,14,16,19H,1,10,12-13H2,2-3H3,(H,25,26). The summed E-state index contributed by atoms with van der Waals surface area (Å²) in [7, 11) is 3.31. The maximum Gasteiger partial charge on any atom is 0.223 e. The summed E-state index contributed by atoms with van der Waals surface area (Å²) in [5.74, 6) is 2.83. The van der Waals surface area contributed by atoms with Crippen molar-refractivity contribution >= 4 is 16.9 Å². The average Bonchev–Trinajstić information content (AvgIpc) is 3.45. The molecular formula is C24H25NO4. The van der Waals surface area contributed by atoms with Gasteiger partial charge in [0.25, 0.3) is 0 Å². The third-order valence-corrected chi connectivity index (χ3v) is 5.48. The molecule has 1 fully saturated rings. The predicted molar refractivity (Wildman–Crippen MR) is 113 cm³/mol. The number of carbonyl (C=O) groups excluding carboxylic acids is 1. The largest absolute Gasteiger partial charge is 0.497 e. The smallest absolute Gasteiger partial charge is 0.223 e. The fourth-order valence-electron chi connectivity index (χ4n) is 3.82. The van der Waals surface area contributed by atoms with E-state index in [0.29, 0.717) is 12.5 Å². The minimum absolute atomic E-state index is 0.0451. The molecule has 1 aliphatic carbocycles. The minimum atomic E-state index is 0.0451. The molecule has 29 heavy (non-hydrogen) atoms. The highest BCUT2D eigenvalue weighted by molar-refractivity contribution is 5.89. The molecule has 150 valence electrons. The molecule has 3 aromatic rings. The van der Waals surface area contributed by atoms with Gasteiger partial charge in [0.05, 0.1) is 14.2 Å². The first kappa shape index (κ1) is 19.1. The first-order valence-corrected chi connectivity index (χ1v) is 9.77.